The van der Waals surface area contributed by atoms with Gasteiger partial charge in [0.2, 0.25) is 11.2 Å². The van der Waals surface area contributed by atoms with Crippen LogP contribution in [-0.2, 0) is 4.74 Å². The van der Waals surface area contributed by atoms with Gasteiger partial charge in [-0.2, -0.15) is 4.98 Å². The average molecular weight is 246 g/mol. The molecule has 0 aliphatic heterocycles. The zero-order chi connectivity index (χ0) is 12.1. The molecule has 90 valence electrons. The summed E-state index contributed by atoms with van der Waals surface area (Å²) in [5.41, 5.74) is 6.77. The lowest BCUT2D eigenvalue weighted by molar-refractivity contribution is 0.0544. The molecule has 0 saturated heterocycles. The second-order valence-electron chi connectivity index (χ2n) is 3.56. The Hall–Kier alpha value is -1.07. The highest BCUT2D eigenvalue weighted by molar-refractivity contribution is 6.28. The molecule has 0 amide bonds. The van der Waals surface area contributed by atoms with E-state index >= 15 is 0 Å². The Morgan fingerprint density at radius 1 is 1.31 bits per heavy atom. The van der Waals surface area contributed by atoms with Gasteiger partial charge in [-0.05, 0) is 32.4 Å². The first-order chi connectivity index (χ1) is 7.50. The van der Waals surface area contributed by atoms with Crippen molar-refractivity contribution < 1.29 is 9.47 Å². The van der Waals surface area contributed by atoms with Crippen LogP contribution in [0.3, 0.4) is 0 Å². The summed E-state index contributed by atoms with van der Waals surface area (Å²) in [6, 6.07) is 0. The second kappa shape index (κ2) is 5.86. The van der Waals surface area contributed by atoms with Gasteiger partial charge in [0, 0.05) is 0 Å². The van der Waals surface area contributed by atoms with Crippen LogP contribution >= 0.6 is 11.6 Å². The summed E-state index contributed by atoms with van der Waals surface area (Å²) >= 11 is 5.70. The molecule has 0 aromatic carbocycles. The van der Waals surface area contributed by atoms with E-state index in [4.69, 9.17) is 26.8 Å². The van der Waals surface area contributed by atoms with E-state index in [2.05, 4.69) is 9.97 Å². The first-order valence-corrected chi connectivity index (χ1v) is 5.42. The Morgan fingerprint density at radius 3 is 2.62 bits per heavy atom. The zero-order valence-corrected chi connectivity index (χ0v) is 10.4. The number of anilines is 1. The summed E-state index contributed by atoms with van der Waals surface area (Å²) in [5.74, 6) is 0.310. The topological polar surface area (TPSA) is 70.3 Å². The maximum Gasteiger partial charge on any atom is 0.241 e. The van der Waals surface area contributed by atoms with E-state index in [1.165, 1.54) is 0 Å². The number of hydrogen-bond donors (Lipinski definition) is 1. The first-order valence-electron chi connectivity index (χ1n) is 5.04. The Labute approximate surface area is 99.9 Å². The summed E-state index contributed by atoms with van der Waals surface area (Å²) in [6.45, 7) is 6.54. The lowest BCUT2D eigenvalue weighted by atomic mass is 10.4. The van der Waals surface area contributed by atoms with E-state index < -0.39 is 0 Å². The van der Waals surface area contributed by atoms with Crippen LogP contribution in [0.15, 0.2) is 0 Å². The molecule has 16 heavy (non-hydrogen) atoms. The molecule has 0 aliphatic carbocycles. The number of nitrogens with two attached hydrogens (primary N) is 1. The van der Waals surface area contributed by atoms with E-state index in [1.54, 1.807) is 6.92 Å². The Bertz CT molecular complexity index is 358. The van der Waals surface area contributed by atoms with Crippen molar-refractivity contribution in [2.24, 2.45) is 0 Å². The van der Waals surface area contributed by atoms with Crippen molar-refractivity contribution in [3.63, 3.8) is 0 Å². The molecule has 1 aromatic rings. The standard InChI is InChI=1S/C10H16ClN3O2/c1-6(2)15-4-5-16-9-8(12)7(3)13-10(11)14-9/h6H,4-5,12H2,1-3H3. The fourth-order valence-electron chi connectivity index (χ4n) is 1.05. The SMILES string of the molecule is Cc1nc(Cl)nc(OCCOC(C)C)c1N. The van der Waals surface area contributed by atoms with E-state index in [0.29, 0.717) is 30.5 Å². The van der Waals surface area contributed by atoms with E-state index in [0.717, 1.165) is 0 Å². The minimum atomic E-state index is 0.131. The summed E-state index contributed by atoms with van der Waals surface area (Å²) in [5, 5.41) is 0.131. The van der Waals surface area contributed by atoms with Gasteiger partial charge in [-0.1, -0.05) is 0 Å². The maximum absolute atomic E-state index is 5.74. The van der Waals surface area contributed by atoms with Crippen LogP contribution in [0, 0.1) is 6.92 Å². The van der Waals surface area contributed by atoms with Crippen molar-refractivity contribution in [2.45, 2.75) is 26.9 Å². The average Bonchev–Trinajstić information content (AvgIpc) is 2.19. The number of halogens is 1. The molecule has 0 saturated carbocycles. The number of nitrogens with zero attached hydrogens (tertiary/aromatic N) is 2. The van der Waals surface area contributed by atoms with Crippen LogP contribution in [0.25, 0.3) is 0 Å². The molecular weight excluding hydrogens is 230 g/mol. The first kappa shape index (κ1) is 13.0. The Morgan fingerprint density at radius 2 is 2.00 bits per heavy atom. The van der Waals surface area contributed by atoms with Gasteiger partial charge < -0.3 is 15.2 Å². The molecule has 6 heteroatoms. The number of nitrogen functional groups attached to an aromatic ring is 1. The van der Waals surface area contributed by atoms with Gasteiger partial charge >= 0.3 is 0 Å². The van der Waals surface area contributed by atoms with Crippen LogP contribution in [-0.4, -0.2) is 29.3 Å². The predicted octanol–water partition coefficient (Wildman–Crippen LogP) is 1.82. The number of ether oxygens (including phenoxy) is 2. The molecule has 1 aromatic heterocycles. The van der Waals surface area contributed by atoms with Crippen LogP contribution in [0.4, 0.5) is 5.69 Å². The van der Waals surface area contributed by atoms with Crippen molar-refractivity contribution in [1.82, 2.24) is 9.97 Å². The van der Waals surface area contributed by atoms with Crippen molar-refractivity contribution >= 4 is 17.3 Å². The maximum atomic E-state index is 5.74. The highest BCUT2D eigenvalue weighted by Crippen LogP contribution is 2.22. The summed E-state index contributed by atoms with van der Waals surface area (Å²) < 4.78 is 10.7. The smallest absolute Gasteiger partial charge is 0.241 e. The molecule has 0 atom stereocenters. The summed E-state index contributed by atoms with van der Waals surface area (Å²) in [7, 11) is 0. The largest absolute Gasteiger partial charge is 0.474 e. The van der Waals surface area contributed by atoms with Crippen molar-refractivity contribution in [3.05, 3.63) is 11.0 Å². The van der Waals surface area contributed by atoms with Crippen LogP contribution < -0.4 is 10.5 Å². The monoisotopic (exact) mass is 245 g/mol. The molecule has 0 fully saturated rings. The van der Waals surface area contributed by atoms with Crippen LogP contribution in [0.2, 0.25) is 5.28 Å². The zero-order valence-electron chi connectivity index (χ0n) is 9.66. The molecule has 0 bridgehead atoms. The van der Waals surface area contributed by atoms with Crippen LogP contribution in [0.1, 0.15) is 19.5 Å². The highest BCUT2D eigenvalue weighted by Gasteiger charge is 2.08. The Balaban J connectivity index is 2.53. The molecule has 2 N–H and O–H groups in total. The minimum Gasteiger partial charge on any atom is -0.474 e. The molecule has 1 heterocycles. The molecular formula is C10H16ClN3O2. The van der Waals surface area contributed by atoms with Gasteiger partial charge in [0.1, 0.15) is 12.3 Å². The fraction of sp³-hybridized carbons (Fsp3) is 0.600. The third kappa shape index (κ3) is 3.83. The summed E-state index contributed by atoms with van der Waals surface area (Å²) in [4.78, 5) is 7.81. The lowest BCUT2D eigenvalue weighted by Crippen LogP contribution is -2.13. The normalized spacial score (nSPS) is 10.8. The third-order valence-corrected chi connectivity index (χ3v) is 2.02. The number of aromatic nitrogens is 2. The van der Waals surface area contributed by atoms with Gasteiger partial charge in [0.25, 0.3) is 0 Å². The molecule has 0 unspecified atom stereocenters. The molecule has 0 radical (unpaired) electrons. The van der Waals surface area contributed by atoms with Gasteiger partial charge in [-0.3, -0.25) is 0 Å². The number of aryl methyl sites for hydroxylation is 1. The van der Waals surface area contributed by atoms with Gasteiger partial charge in [-0.15, -0.1) is 0 Å². The van der Waals surface area contributed by atoms with Crippen molar-refractivity contribution in [1.29, 1.82) is 0 Å². The van der Waals surface area contributed by atoms with E-state index in [-0.39, 0.29) is 11.4 Å². The molecule has 5 nitrogen and oxygen atoms in total. The molecule has 1 rings (SSSR count). The lowest BCUT2D eigenvalue weighted by Gasteiger charge is -2.11. The minimum absolute atomic E-state index is 0.131. The van der Waals surface area contributed by atoms with E-state index in [9.17, 15) is 0 Å². The predicted molar refractivity (Wildman–Crippen MR) is 62.8 cm³/mol. The Kier molecular flexibility index (Phi) is 4.76. The van der Waals surface area contributed by atoms with E-state index in [1.807, 2.05) is 13.8 Å². The molecule has 0 aliphatic rings. The number of rotatable bonds is 5. The van der Waals surface area contributed by atoms with Crippen LogP contribution in [0.5, 0.6) is 5.88 Å². The third-order valence-electron chi connectivity index (χ3n) is 1.85. The van der Waals surface area contributed by atoms with Crippen molar-refractivity contribution in [3.8, 4) is 5.88 Å². The quantitative estimate of drug-likeness (QED) is 0.633. The van der Waals surface area contributed by atoms with Gasteiger partial charge in [-0.25, -0.2) is 4.98 Å². The highest BCUT2D eigenvalue weighted by atomic mass is 35.5. The number of hydrogen-bond acceptors (Lipinski definition) is 5. The van der Waals surface area contributed by atoms with Gasteiger partial charge in [0.15, 0.2) is 0 Å². The van der Waals surface area contributed by atoms with Crippen molar-refractivity contribution in [2.75, 3.05) is 18.9 Å². The second-order valence-corrected chi connectivity index (χ2v) is 3.90. The molecule has 0 spiro atoms. The fourth-order valence-corrected chi connectivity index (χ4v) is 1.26. The summed E-state index contributed by atoms with van der Waals surface area (Å²) in [6.07, 6.45) is 0.177. The van der Waals surface area contributed by atoms with Gasteiger partial charge in [0.05, 0.1) is 18.4 Å².